The second kappa shape index (κ2) is 2.73. The molecule has 4 heteroatoms. The molecule has 0 amide bonds. The number of hydrogen-bond acceptors (Lipinski definition) is 3. The van der Waals surface area contributed by atoms with Crippen LogP contribution in [0, 0.1) is 0 Å². The first-order chi connectivity index (χ1) is 6.18. The Morgan fingerprint density at radius 1 is 1.46 bits per heavy atom. The Balaban J connectivity index is 2.77. The van der Waals surface area contributed by atoms with Crippen LogP contribution in [-0.2, 0) is 0 Å². The highest BCUT2D eigenvalue weighted by molar-refractivity contribution is 5.79. The van der Waals surface area contributed by atoms with Crippen molar-refractivity contribution in [3.63, 3.8) is 0 Å². The molecule has 13 heavy (non-hydrogen) atoms. The van der Waals surface area contributed by atoms with Gasteiger partial charge in [0.15, 0.2) is 0 Å². The molecule has 0 aliphatic heterocycles. The van der Waals surface area contributed by atoms with Crippen LogP contribution in [0.5, 0.6) is 0 Å². The van der Waals surface area contributed by atoms with Crippen molar-refractivity contribution in [2.45, 2.75) is 19.8 Å². The fraction of sp³-hybridized carbons (Fsp3) is 0.333. The van der Waals surface area contributed by atoms with Crippen LogP contribution < -0.4 is 5.73 Å². The molecule has 0 bridgehead atoms. The summed E-state index contributed by atoms with van der Waals surface area (Å²) in [6, 6.07) is 1.80. The predicted molar refractivity (Wildman–Crippen MR) is 52.4 cm³/mol. The molecular weight excluding hydrogens is 164 g/mol. The third kappa shape index (κ3) is 1.24. The van der Waals surface area contributed by atoms with Gasteiger partial charge in [0.25, 0.3) is 0 Å². The second-order valence-electron chi connectivity index (χ2n) is 3.39. The van der Waals surface area contributed by atoms with Gasteiger partial charge in [-0.2, -0.15) is 0 Å². The van der Waals surface area contributed by atoms with Gasteiger partial charge in [-0.3, -0.25) is 0 Å². The van der Waals surface area contributed by atoms with Crippen LogP contribution >= 0.6 is 0 Å². The molecule has 0 saturated carbocycles. The van der Waals surface area contributed by atoms with E-state index < -0.39 is 0 Å². The van der Waals surface area contributed by atoms with Crippen molar-refractivity contribution in [2.24, 2.45) is 0 Å². The molecule has 0 aliphatic carbocycles. The van der Waals surface area contributed by atoms with Crippen molar-refractivity contribution in [2.75, 3.05) is 5.73 Å². The number of aromatic nitrogens is 3. The molecule has 2 aromatic rings. The van der Waals surface area contributed by atoms with Gasteiger partial charge in [0.05, 0.1) is 17.5 Å². The molecule has 2 aromatic heterocycles. The van der Waals surface area contributed by atoms with E-state index in [4.69, 9.17) is 5.73 Å². The average Bonchev–Trinajstić information content (AvgIpc) is 2.49. The summed E-state index contributed by atoms with van der Waals surface area (Å²) < 4.78 is 0. The SMILES string of the molecule is CC(C)c1nc(N)cc2[nH]cnc12. The number of rotatable bonds is 1. The number of fused-ring (bicyclic) bond motifs is 1. The van der Waals surface area contributed by atoms with Gasteiger partial charge in [-0.1, -0.05) is 13.8 Å². The van der Waals surface area contributed by atoms with Crippen LogP contribution in [0.2, 0.25) is 0 Å². The van der Waals surface area contributed by atoms with Crippen molar-refractivity contribution >= 4 is 16.9 Å². The van der Waals surface area contributed by atoms with Gasteiger partial charge in [-0.15, -0.1) is 0 Å². The third-order valence-electron chi connectivity index (χ3n) is 2.00. The van der Waals surface area contributed by atoms with Gasteiger partial charge in [0, 0.05) is 6.07 Å². The highest BCUT2D eigenvalue weighted by atomic mass is 14.9. The van der Waals surface area contributed by atoms with E-state index in [0.717, 1.165) is 16.7 Å². The first-order valence-electron chi connectivity index (χ1n) is 4.28. The second-order valence-corrected chi connectivity index (χ2v) is 3.39. The van der Waals surface area contributed by atoms with E-state index in [1.807, 2.05) is 0 Å². The van der Waals surface area contributed by atoms with Crippen LogP contribution in [0.4, 0.5) is 5.82 Å². The maximum absolute atomic E-state index is 5.66. The summed E-state index contributed by atoms with van der Waals surface area (Å²) in [6.45, 7) is 4.16. The van der Waals surface area contributed by atoms with Crippen molar-refractivity contribution in [3.8, 4) is 0 Å². The highest BCUT2D eigenvalue weighted by Gasteiger charge is 2.09. The number of aromatic amines is 1. The lowest BCUT2D eigenvalue weighted by atomic mass is 10.1. The summed E-state index contributed by atoms with van der Waals surface area (Å²) >= 11 is 0. The Hall–Kier alpha value is -1.58. The van der Waals surface area contributed by atoms with Gasteiger partial charge < -0.3 is 10.7 Å². The van der Waals surface area contributed by atoms with Crippen molar-refractivity contribution in [1.82, 2.24) is 15.0 Å². The van der Waals surface area contributed by atoms with Crippen LogP contribution in [-0.4, -0.2) is 15.0 Å². The first-order valence-corrected chi connectivity index (χ1v) is 4.28. The van der Waals surface area contributed by atoms with Crippen molar-refractivity contribution < 1.29 is 0 Å². The Morgan fingerprint density at radius 2 is 2.23 bits per heavy atom. The number of H-pyrrole nitrogens is 1. The van der Waals surface area contributed by atoms with Gasteiger partial charge >= 0.3 is 0 Å². The summed E-state index contributed by atoms with van der Waals surface area (Å²) in [5.41, 5.74) is 8.49. The Bertz CT molecular complexity index is 430. The molecule has 0 fully saturated rings. The van der Waals surface area contributed by atoms with Gasteiger partial charge in [0.1, 0.15) is 11.3 Å². The number of nitrogens with two attached hydrogens (primary N) is 1. The number of nitrogens with one attached hydrogen (secondary N) is 1. The molecule has 2 heterocycles. The minimum atomic E-state index is 0.342. The Labute approximate surface area is 76.2 Å². The smallest absolute Gasteiger partial charge is 0.125 e. The minimum Gasteiger partial charge on any atom is -0.384 e. The molecule has 0 aliphatic rings. The highest BCUT2D eigenvalue weighted by Crippen LogP contribution is 2.22. The van der Waals surface area contributed by atoms with Crippen molar-refractivity contribution in [1.29, 1.82) is 0 Å². The van der Waals surface area contributed by atoms with Crippen LogP contribution in [0.3, 0.4) is 0 Å². The summed E-state index contributed by atoms with van der Waals surface area (Å²) in [5.74, 6) is 0.884. The molecular formula is C9H12N4. The third-order valence-corrected chi connectivity index (χ3v) is 2.00. The van der Waals surface area contributed by atoms with Crippen LogP contribution in [0.1, 0.15) is 25.5 Å². The normalized spacial score (nSPS) is 11.3. The van der Waals surface area contributed by atoms with Gasteiger partial charge in [-0.25, -0.2) is 9.97 Å². The van der Waals surface area contributed by atoms with Crippen LogP contribution in [0.25, 0.3) is 11.0 Å². The minimum absolute atomic E-state index is 0.342. The molecule has 3 N–H and O–H groups in total. The number of nitrogens with zero attached hydrogens (tertiary/aromatic N) is 2. The van der Waals surface area contributed by atoms with E-state index >= 15 is 0 Å². The molecule has 0 aromatic carbocycles. The molecule has 0 atom stereocenters. The fourth-order valence-corrected chi connectivity index (χ4v) is 1.39. The van der Waals surface area contributed by atoms with Gasteiger partial charge in [-0.05, 0) is 5.92 Å². The van der Waals surface area contributed by atoms with E-state index in [1.54, 1.807) is 12.4 Å². The standard InChI is InChI=1S/C9H12N4/c1-5(2)8-9-6(11-4-12-9)3-7(10)13-8/h3-5H,1-2H3,(H2,10,13)(H,11,12). The van der Waals surface area contributed by atoms with E-state index in [9.17, 15) is 0 Å². The number of imidazole rings is 1. The molecule has 0 unspecified atom stereocenters. The first kappa shape index (κ1) is 8.04. The zero-order valence-corrected chi connectivity index (χ0v) is 7.70. The van der Waals surface area contributed by atoms with Crippen LogP contribution in [0.15, 0.2) is 12.4 Å². The van der Waals surface area contributed by atoms with E-state index in [-0.39, 0.29) is 0 Å². The average molecular weight is 176 g/mol. The summed E-state index contributed by atoms with van der Waals surface area (Å²) in [7, 11) is 0. The predicted octanol–water partition coefficient (Wildman–Crippen LogP) is 1.66. The summed E-state index contributed by atoms with van der Waals surface area (Å²) in [4.78, 5) is 11.5. The summed E-state index contributed by atoms with van der Waals surface area (Å²) in [6.07, 6.45) is 1.66. The van der Waals surface area contributed by atoms with Crippen molar-refractivity contribution in [3.05, 3.63) is 18.1 Å². The zero-order valence-electron chi connectivity index (χ0n) is 7.70. The molecule has 0 radical (unpaired) electrons. The Kier molecular flexibility index (Phi) is 1.69. The monoisotopic (exact) mass is 176 g/mol. The largest absolute Gasteiger partial charge is 0.384 e. The summed E-state index contributed by atoms with van der Waals surface area (Å²) in [5, 5.41) is 0. The number of nitrogen functional groups attached to an aromatic ring is 1. The zero-order chi connectivity index (χ0) is 9.42. The quantitative estimate of drug-likeness (QED) is 0.694. The maximum atomic E-state index is 5.66. The molecule has 68 valence electrons. The number of anilines is 1. The lowest BCUT2D eigenvalue weighted by Crippen LogP contribution is -1.98. The Morgan fingerprint density at radius 3 is 2.92 bits per heavy atom. The lowest BCUT2D eigenvalue weighted by molar-refractivity contribution is 0.834. The van der Waals surface area contributed by atoms with E-state index in [0.29, 0.717) is 11.7 Å². The molecule has 4 nitrogen and oxygen atoms in total. The van der Waals surface area contributed by atoms with E-state index in [1.165, 1.54) is 0 Å². The number of pyridine rings is 1. The molecule has 0 saturated heterocycles. The number of hydrogen-bond donors (Lipinski definition) is 2. The molecule has 2 rings (SSSR count). The fourth-order valence-electron chi connectivity index (χ4n) is 1.39. The topological polar surface area (TPSA) is 67.6 Å². The lowest BCUT2D eigenvalue weighted by Gasteiger charge is -2.05. The van der Waals surface area contributed by atoms with Gasteiger partial charge in [0.2, 0.25) is 0 Å². The van der Waals surface area contributed by atoms with E-state index in [2.05, 4.69) is 28.8 Å². The maximum Gasteiger partial charge on any atom is 0.125 e. The molecule has 0 spiro atoms.